The molecule has 2 N–H and O–H groups in total. The molecule has 0 aromatic heterocycles. The molecule has 6 nitrogen and oxygen atoms in total. The third-order valence-electron chi connectivity index (χ3n) is 4.35. The molecule has 0 aliphatic carbocycles. The van der Waals surface area contributed by atoms with Crippen LogP contribution < -0.4 is 5.32 Å². The van der Waals surface area contributed by atoms with Gasteiger partial charge < -0.3 is 10.4 Å². The van der Waals surface area contributed by atoms with Crippen LogP contribution in [-0.4, -0.2) is 72.1 Å². The fourth-order valence-electron chi connectivity index (χ4n) is 2.89. The van der Waals surface area contributed by atoms with Gasteiger partial charge in [-0.15, -0.1) is 0 Å². The van der Waals surface area contributed by atoms with Crippen molar-refractivity contribution in [1.82, 2.24) is 15.1 Å². The van der Waals surface area contributed by atoms with E-state index in [-0.39, 0.29) is 24.5 Å². The summed E-state index contributed by atoms with van der Waals surface area (Å²) in [6, 6.07) is 0.161. The van der Waals surface area contributed by atoms with E-state index in [9.17, 15) is 9.59 Å². The normalized spacial score (nSPS) is 21.6. The Morgan fingerprint density at radius 1 is 1.27 bits per heavy atom. The van der Waals surface area contributed by atoms with Crippen LogP contribution in [0.15, 0.2) is 0 Å². The molecule has 0 bridgehead atoms. The van der Waals surface area contributed by atoms with E-state index in [0.29, 0.717) is 12.5 Å². The Labute approximate surface area is 133 Å². The summed E-state index contributed by atoms with van der Waals surface area (Å²) in [5.41, 5.74) is 0. The van der Waals surface area contributed by atoms with Gasteiger partial charge in [0, 0.05) is 19.1 Å². The quantitative estimate of drug-likeness (QED) is 0.734. The third-order valence-corrected chi connectivity index (χ3v) is 4.35. The van der Waals surface area contributed by atoms with Crippen molar-refractivity contribution in [3.63, 3.8) is 0 Å². The van der Waals surface area contributed by atoms with Gasteiger partial charge in [-0.25, -0.2) is 0 Å². The van der Waals surface area contributed by atoms with Crippen molar-refractivity contribution in [2.75, 3.05) is 33.2 Å². The number of aliphatic carboxylic acids is 1. The summed E-state index contributed by atoms with van der Waals surface area (Å²) in [5.74, 6) is -0.245. The molecule has 1 aliphatic heterocycles. The molecule has 1 rings (SSSR count). The number of carboxylic acids is 1. The summed E-state index contributed by atoms with van der Waals surface area (Å²) in [6.07, 6.45) is 2.89. The monoisotopic (exact) mass is 313 g/mol. The fraction of sp³-hybridized carbons (Fsp3) is 0.875. The molecular formula is C16H31N3O3. The molecule has 0 radical (unpaired) electrons. The number of likely N-dealkylation sites (tertiary alicyclic amines) is 1. The lowest BCUT2D eigenvalue weighted by molar-refractivity contribution is -0.138. The minimum absolute atomic E-state index is 0.0785. The Kier molecular flexibility index (Phi) is 7.82. The summed E-state index contributed by atoms with van der Waals surface area (Å²) in [6.45, 7) is 8.64. The highest BCUT2D eigenvalue weighted by Gasteiger charge is 2.26. The molecule has 0 spiro atoms. The zero-order valence-corrected chi connectivity index (χ0v) is 14.3. The van der Waals surface area contributed by atoms with Crippen LogP contribution in [0.2, 0.25) is 0 Å². The van der Waals surface area contributed by atoms with E-state index < -0.39 is 5.97 Å². The molecule has 1 amide bonds. The maximum Gasteiger partial charge on any atom is 0.317 e. The van der Waals surface area contributed by atoms with E-state index in [4.69, 9.17) is 5.11 Å². The SMILES string of the molecule is CC(C)CNC(=O)C(C)N1CCCC(N(C)CC(=O)O)CC1. The van der Waals surface area contributed by atoms with Crippen LogP contribution in [0.5, 0.6) is 0 Å². The van der Waals surface area contributed by atoms with Crippen LogP contribution in [0.4, 0.5) is 0 Å². The van der Waals surface area contributed by atoms with Gasteiger partial charge in [0.2, 0.25) is 5.91 Å². The Morgan fingerprint density at radius 2 is 1.95 bits per heavy atom. The summed E-state index contributed by atoms with van der Waals surface area (Å²) in [4.78, 5) is 27.1. The van der Waals surface area contributed by atoms with Crippen molar-refractivity contribution >= 4 is 11.9 Å². The second-order valence-corrected chi connectivity index (χ2v) is 6.74. The van der Waals surface area contributed by atoms with Crippen LogP contribution in [0.1, 0.15) is 40.0 Å². The first kappa shape index (κ1) is 18.9. The minimum atomic E-state index is -0.787. The van der Waals surface area contributed by atoms with E-state index in [1.807, 2.05) is 18.9 Å². The second-order valence-electron chi connectivity index (χ2n) is 6.74. The lowest BCUT2D eigenvalue weighted by Crippen LogP contribution is -2.46. The topological polar surface area (TPSA) is 72.9 Å². The standard InChI is InChI=1S/C16H31N3O3/c1-12(2)10-17-16(22)13(3)19-8-5-6-14(7-9-19)18(4)11-15(20)21/h12-14H,5-11H2,1-4H3,(H,17,22)(H,20,21). The van der Waals surface area contributed by atoms with E-state index in [1.54, 1.807) is 0 Å². The Bertz CT molecular complexity index is 374. The fourth-order valence-corrected chi connectivity index (χ4v) is 2.89. The molecule has 2 atom stereocenters. The van der Waals surface area contributed by atoms with E-state index in [2.05, 4.69) is 24.1 Å². The molecule has 2 unspecified atom stereocenters. The van der Waals surface area contributed by atoms with Gasteiger partial charge in [-0.1, -0.05) is 13.8 Å². The molecule has 1 aliphatic rings. The molecule has 0 saturated carbocycles. The van der Waals surface area contributed by atoms with Gasteiger partial charge in [-0.3, -0.25) is 19.4 Å². The Balaban J connectivity index is 2.47. The molecular weight excluding hydrogens is 282 g/mol. The van der Waals surface area contributed by atoms with Gasteiger partial charge in [0.25, 0.3) is 0 Å². The smallest absolute Gasteiger partial charge is 0.317 e. The number of carbonyl (C=O) groups is 2. The first-order chi connectivity index (χ1) is 10.3. The largest absolute Gasteiger partial charge is 0.480 e. The molecule has 0 aromatic rings. The molecule has 6 heteroatoms. The van der Waals surface area contributed by atoms with E-state index in [0.717, 1.165) is 32.4 Å². The predicted octanol–water partition coefficient (Wildman–Crippen LogP) is 1.02. The number of rotatable bonds is 7. The predicted molar refractivity (Wildman–Crippen MR) is 86.8 cm³/mol. The average Bonchev–Trinajstić information content (AvgIpc) is 2.69. The number of hydrogen-bond acceptors (Lipinski definition) is 4. The van der Waals surface area contributed by atoms with Gasteiger partial charge in [-0.2, -0.15) is 0 Å². The van der Waals surface area contributed by atoms with Crippen molar-refractivity contribution in [2.24, 2.45) is 5.92 Å². The molecule has 128 valence electrons. The van der Waals surface area contributed by atoms with Crippen molar-refractivity contribution in [3.05, 3.63) is 0 Å². The van der Waals surface area contributed by atoms with E-state index in [1.165, 1.54) is 0 Å². The van der Waals surface area contributed by atoms with Gasteiger partial charge in [0.15, 0.2) is 0 Å². The highest BCUT2D eigenvalue weighted by atomic mass is 16.4. The number of nitrogens with zero attached hydrogens (tertiary/aromatic N) is 2. The van der Waals surface area contributed by atoms with Crippen LogP contribution >= 0.6 is 0 Å². The van der Waals surface area contributed by atoms with Gasteiger partial charge in [0.05, 0.1) is 12.6 Å². The molecule has 0 aromatic carbocycles. The number of carbonyl (C=O) groups excluding carboxylic acids is 1. The highest BCUT2D eigenvalue weighted by molar-refractivity contribution is 5.81. The maximum absolute atomic E-state index is 12.2. The lowest BCUT2D eigenvalue weighted by Gasteiger charge is -2.28. The zero-order chi connectivity index (χ0) is 16.7. The van der Waals surface area contributed by atoms with Gasteiger partial charge in [0.1, 0.15) is 0 Å². The number of likely N-dealkylation sites (N-methyl/N-ethyl adjacent to an activating group) is 1. The second kappa shape index (κ2) is 9.10. The minimum Gasteiger partial charge on any atom is -0.480 e. The van der Waals surface area contributed by atoms with Crippen LogP contribution in [-0.2, 0) is 9.59 Å². The summed E-state index contributed by atoms with van der Waals surface area (Å²) in [5, 5.41) is 11.9. The third kappa shape index (κ3) is 6.32. The molecule has 1 fully saturated rings. The Hall–Kier alpha value is -1.14. The molecule has 1 heterocycles. The van der Waals surface area contributed by atoms with Crippen LogP contribution in [0, 0.1) is 5.92 Å². The summed E-state index contributed by atoms with van der Waals surface area (Å²) < 4.78 is 0. The van der Waals surface area contributed by atoms with Crippen molar-refractivity contribution in [1.29, 1.82) is 0 Å². The maximum atomic E-state index is 12.2. The van der Waals surface area contributed by atoms with E-state index >= 15 is 0 Å². The zero-order valence-electron chi connectivity index (χ0n) is 14.3. The van der Waals surface area contributed by atoms with Crippen molar-refractivity contribution in [3.8, 4) is 0 Å². The van der Waals surface area contributed by atoms with Crippen molar-refractivity contribution < 1.29 is 14.7 Å². The first-order valence-corrected chi connectivity index (χ1v) is 8.25. The van der Waals surface area contributed by atoms with Gasteiger partial charge in [-0.05, 0) is 45.7 Å². The highest BCUT2D eigenvalue weighted by Crippen LogP contribution is 2.17. The average molecular weight is 313 g/mol. The van der Waals surface area contributed by atoms with Crippen LogP contribution in [0.3, 0.4) is 0 Å². The van der Waals surface area contributed by atoms with Crippen molar-refractivity contribution in [2.45, 2.75) is 52.1 Å². The summed E-state index contributed by atoms with van der Waals surface area (Å²) >= 11 is 0. The number of nitrogens with one attached hydrogen (secondary N) is 1. The Morgan fingerprint density at radius 3 is 2.55 bits per heavy atom. The first-order valence-electron chi connectivity index (χ1n) is 8.25. The lowest BCUT2D eigenvalue weighted by atomic mass is 10.1. The number of hydrogen-bond donors (Lipinski definition) is 2. The number of carboxylic acid groups (broad SMARTS) is 1. The number of amides is 1. The molecule has 1 saturated heterocycles. The summed E-state index contributed by atoms with van der Waals surface area (Å²) in [7, 11) is 1.87. The van der Waals surface area contributed by atoms with Crippen LogP contribution in [0.25, 0.3) is 0 Å². The molecule has 22 heavy (non-hydrogen) atoms. The van der Waals surface area contributed by atoms with Gasteiger partial charge >= 0.3 is 5.97 Å².